The van der Waals surface area contributed by atoms with Crippen LogP contribution >= 0.6 is 11.8 Å². The third-order valence-corrected chi connectivity index (χ3v) is 7.32. The Kier molecular flexibility index (Phi) is 4.55. The van der Waals surface area contributed by atoms with Crippen molar-refractivity contribution in [1.82, 2.24) is 15.5 Å². The van der Waals surface area contributed by atoms with Gasteiger partial charge in [0.1, 0.15) is 6.04 Å². The maximum atomic E-state index is 13.0. The number of aliphatic hydroxyl groups excluding tert-OH is 1. The Hall–Kier alpha value is -1.28. The van der Waals surface area contributed by atoms with Crippen molar-refractivity contribution in [1.29, 1.82) is 0 Å². The molecule has 3 fully saturated rings. The number of rotatable bonds is 5. The molecule has 0 radical (unpaired) electrons. The van der Waals surface area contributed by atoms with Gasteiger partial charge in [-0.25, -0.2) is 0 Å². The average molecular weight is 355 g/mol. The third-order valence-electron chi connectivity index (χ3n) is 5.37. The van der Waals surface area contributed by atoms with Gasteiger partial charge < -0.3 is 20.6 Å². The topological polar surface area (TPSA) is 98.7 Å². The van der Waals surface area contributed by atoms with E-state index in [2.05, 4.69) is 10.6 Å². The number of thioether (sulfide) groups is 1. The summed E-state index contributed by atoms with van der Waals surface area (Å²) in [5.74, 6) is -1.34. The van der Waals surface area contributed by atoms with E-state index in [1.165, 1.54) is 4.90 Å². The lowest BCUT2D eigenvalue weighted by Crippen LogP contribution is -2.55. The van der Waals surface area contributed by atoms with E-state index in [9.17, 15) is 19.5 Å². The van der Waals surface area contributed by atoms with E-state index in [-0.39, 0.29) is 48.1 Å². The van der Waals surface area contributed by atoms with E-state index >= 15 is 0 Å². The number of amides is 3. The molecule has 0 aromatic rings. The second-order valence-corrected chi connectivity index (χ2v) is 8.69. The fraction of sp³-hybridized carbons (Fsp3) is 0.812. The molecule has 3 aliphatic heterocycles. The summed E-state index contributed by atoms with van der Waals surface area (Å²) in [4.78, 5) is 39.7. The van der Waals surface area contributed by atoms with Crippen molar-refractivity contribution < 1.29 is 19.5 Å². The number of carbonyl (C=O) groups excluding carboxylic acids is 3. The van der Waals surface area contributed by atoms with Crippen molar-refractivity contribution in [2.45, 2.75) is 48.8 Å². The van der Waals surface area contributed by atoms with Gasteiger partial charge in [-0.05, 0) is 26.7 Å². The lowest BCUT2D eigenvalue weighted by Gasteiger charge is -2.34. The number of carbonyl (C=O) groups is 3. The van der Waals surface area contributed by atoms with Crippen LogP contribution in [0.3, 0.4) is 0 Å². The fourth-order valence-corrected chi connectivity index (χ4v) is 6.85. The highest BCUT2D eigenvalue weighted by atomic mass is 32.2. The highest BCUT2D eigenvalue weighted by molar-refractivity contribution is 8.02. The lowest BCUT2D eigenvalue weighted by molar-refractivity contribution is -0.140. The quantitative estimate of drug-likeness (QED) is 0.608. The molecule has 0 aromatic heterocycles. The van der Waals surface area contributed by atoms with Crippen LogP contribution < -0.4 is 10.6 Å². The number of β-amino-alcohol motifs (C(OH)–C–C–N with tert-alkyl or cyclic N) is 1. The van der Waals surface area contributed by atoms with Gasteiger partial charge in [-0.2, -0.15) is 0 Å². The standard InChI is InChI=1S/C16H25N3O4S/c1-8(2)18-14(22)12-16-5-4-9(24-16)10(13(21)17-3)11(16)15(23)19(12)6-7-20/h8-12,20H,4-7H2,1-3H3,(H,17,21)(H,18,22)/t9-,10+,11-,12?,16?/m0/s1. The van der Waals surface area contributed by atoms with Gasteiger partial charge in [-0.15, -0.1) is 11.8 Å². The minimum Gasteiger partial charge on any atom is -0.395 e. The normalized spacial score (nSPS) is 37.0. The van der Waals surface area contributed by atoms with E-state index in [0.29, 0.717) is 0 Å². The molecule has 1 spiro atoms. The van der Waals surface area contributed by atoms with Gasteiger partial charge in [0.05, 0.1) is 23.2 Å². The summed E-state index contributed by atoms with van der Waals surface area (Å²) >= 11 is 1.63. The van der Waals surface area contributed by atoms with Crippen molar-refractivity contribution in [3.63, 3.8) is 0 Å². The number of likely N-dealkylation sites (tertiary alicyclic amines) is 1. The van der Waals surface area contributed by atoms with Crippen molar-refractivity contribution in [2.75, 3.05) is 20.2 Å². The van der Waals surface area contributed by atoms with Crippen LogP contribution in [0.25, 0.3) is 0 Å². The summed E-state index contributed by atoms with van der Waals surface area (Å²) in [7, 11) is 1.58. The van der Waals surface area contributed by atoms with E-state index in [0.717, 1.165) is 12.8 Å². The van der Waals surface area contributed by atoms with Crippen LogP contribution in [0.4, 0.5) is 0 Å². The first kappa shape index (κ1) is 17.5. The number of hydrogen-bond acceptors (Lipinski definition) is 5. The summed E-state index contributed by atoms with van der Waals surface area (Å²) in [6.07, 6.45) is 1.59. The maximum absolute atomic E-state index is 13.0. The molecule has 3 rings (SSSR count). The van der Waals surface area contributed by atoms with Crippen LogP contribution in [0, 0.1) is 11.8 Å². The number of nitrogens with zero attached hydrogens (tertiary/aromatic N) is 1. The molecule has 3 saturated heterocycles. The van der Waals surface area contributed by atoms with Crippen LogP contribution in [0.5, 0.6) is 0 Å². The molecule has 2 bridgehead atoms. The molecule has 134 valence electrons. The van der Waals surface area contributed by atoms with Crippen molar-refractivity contribution in [2.24, 2.45) is 11.8 Å². The van der Waals surface area contributed by atoms with Crippen molar-refractivity contribution in [3.8, 4) is 0 Å². The SMILES string of the molecule is CNC(=O)[C@@H]1[C@@H]2CCC3(S2)C(C(=O)NC(C)C)N(CCO)C(=O)[C@H]13. The summed E-state index contributed by atoms with van der Waals surface area (Å²) in [5.41, 5.74) is 0. The first-order valence-corrected chi connectivity index (χ1v) is 9.36. The van der Waals surface area contributed by atoms with Gasteiger partial charge in [-0.3, -0.25) is 14.4 Å². The number of fused-ring (bicyclic) bond motifs is 1. The van der Waals surface area contributed by atoms with E-state index in [4.69, 9.17) is 0 Å². The molecular formula is C16H25N3O4S. The van der Waals surface area contributed by atoms with Gasteiger partial charge in [0.25, 0.3) is 0 Å². The average Bonchev–Trinajstić information content (AvgIpc) is 3.14. The first-order valence-electron chi connectivity index (χ1n) is 8.48. The molecule has 2 unspecified atom stereocenters. The van der Waals surface area contributed by atoms with Gasteiger partial charge in [0.2, 0.25) is 17.7 Å². The molecule has 7 nitrogen and oxygen atoms in total. The molecule has 3 amide bonds. The Bertz CT molecular complexity index is 570. The molecule has 0 aromatic carbocycles. The van der Waals surface area contributed by atoms with Crippen molar-refractivity contribution in [3.05, 3.63) is 0 Å². The lowest BCUT2D eigenvalue weighted by atomic mass is 9.70. The predicted octanol–water partition coefficient (Wildman–Crippen LogP) is -0.659. The highest BCUT2D eigenvalue weighted by Crippen LogP contribution is 2.66. The maximum Gasteiger partial charge on any atom is 0.244 e. The van der Waals surface area contributed by atoms with Gasteiger partial charge in [0.15, 0.2) is 0 Å². The molecule has 3 aliphatic rings. The van der Waals surface area contributed by atoms with Crippen LogP contribution in [0.2, 0.25) is 0 Å². The molecule has 0 saturated carbocycles. The van der Waals surface area contributed by atoms with Crippen LogP contribution in [-0.4, -0.2) is 70.0 Å². The van der Waals surface area contributed by atoms with Crippen LogP contribution in [0.15, 0.2) is 0 Å². The Morgan fingerprint density at radius 3 is 2.71 bits per heavy atom. The van der Waals surface area contributed by atoms with Gasteiger partial charge in [0, 0.05) is 24.9 Å². The monoisotopic (exact) mass is 355 g/mol. The molecule has 3 N–H and O–H groups in total. The minimum absolute atomic E-state index is 0.0302. The first-order chi connectivity index (χ1) is 11.4. The zero-order chi connectivity index (χ0) is 17.6. The molecule has 3 heterocycles. The minimum atomic E-state index is -0.616. The van der Waals surface area contributed by atoms with E-state index in [1.807, 2.05) is 13.8 Å². The Labute approximate surface area is 145 Å². The summed E-state index contributed by atoms with van der Waals surface area (Å²) in [5, 5.41) is 15.0. The van der Waals surface area contributed by atoms with Crippen LogP contribution in [0.1, 0.15) is 26.7 Å². The van der Waals surface area contributed by atoms with Crippen LogP contribution in [-0.2, 0) is 14.4 Å². The largest absolute Gasteiger partial charge is 0.395 e. The molecule has 0 aliphatic carbocycles. The predicted molar refractivity (Wildman–Crippen MR) is 90.3 cm³/mol. The Morgan fingerprint density at radius 2 is 2.12 bits per heavy atom. The van der Waals surface area contributed by atoms with Gasteiger partial charge in [-0.1, -0.05) is 0 Å². The molecule has 24 heavy (non-hydrogen) atoms. The Balaban J connectivity index is 2.00. The fourth-order valence-electron chi connectivity index (χ4n) is 4.63. The molecule has 8 heteroatoms. The van der Waals surface area contributed by atoms with E-state index < -0.39 is 16.7 Å². The zero-order valence-electron chi connectivity index (χ0n) is 14.2. The third kappa shape index (κ3) is 2.34. The summed E-state index contributed by atoms with van der Waals surface area (Å²) < 4.78 is -0.549. The molecular weight excluding hydrogens is 330 g/mol. The van der Waals surface area contributed by atoms with E-state index in [1.54, 1.807) is 18.8 Å². The summed E-state index contributed by atoms with van der Waals surface area (Å²) in [6.45, 7) is 3.69. The molecule has 5 atom stereocenters. The van der Waals surface area contributed by atoms with Gasteiger partial charge >= 0.3 is 0 Å². The second kappa shape index (κ2) is 6.22. The Morgan fingerprint density at radius 1 is 1.42 bits per heavy atom. The number of nitrogens with one attached hydrogen (secondary N) is 2. The smallest absolute Gasteiger partial charge is 0.244 e. The second-order valence-electron chi connectivity index (χ2n) is 7.09. The number of aliphatic hydroxyl groups is 1. The summed E-state index contributed by atoms with van der Waals surface area (Å²) in [6, 6.07) is -0.647. The number of hydrogen-bond donors (Lipinski definition) is 3. The highest BCUT2D eigenvalue weighted by Gasteiger charge is 2.73. The zero-order valence-corrected chi connectivity index (χ0v) is 15.1. The van der Waals surface area contributed by atoms with Crippen molar-refractivity contribution >= 4 is 29.5 Å².